The van der Waals surface area contributed by atoms with Crippen molar-refractivity contribution in [3.05, 3.63) is 24.3 Å². The zero-order valence-electron chi connectivity index (χ0n) is 9.75. The lowest BCUT2D eigenvalue weighted by Crippen LogP contribution is -2.07. The molecule has 16 heavy (non-hydrogen) atoms. The van der Waals surface area contributed by atoms with Crippen molar-refractivity contribution in [3.8, 4) is 0 Å². The van der Waals surface area contributed by atoms with Gasteiger partial charge in [0.25, 0.3) is 0 Å². The summed E-state index contributed by atoms with van der Waals surface area (Å²) in [7, 11) is 0. The number of nitrogens with one attached hydrogen (secondary N) is 2. The van der Waals surface area contributed by atoms with Crippen LogP contribution in [0.4, 0.5) is 11.4 Å². The minimum atomic E-state index is -0.0429. The summed E-state index contributed by atoms with van der Waals surface area (Å²) >= 11 is 1.91. The molecule has 0 spiro atoms. The summed E-state index contributed by atoms with van der Waals surface area (Å²) in [6.07, 6.45) is 0. The standard InChI is InChI=1S/C12H18N2OS/c1-3-16-8-7-13-11-5-4-6-12(9-11)14-10(2)15/h4-6,9,13H,3,7-8H2,1-2H3,(H,14,15). The average molecular weight is 238 g/mol. The molecule has 0 saturated heterocycles. The first kappa shape index (κ1) is 12.9. The van der Waals surface area contributed by atoms with Gasteiger partial charge in [-0.05, 0) is 24.0 Å². The zero-order valence-corrected chi connectivity index (χ0v) is 10.6. The molecule has 1 aromatic carbocycles. The highest BCUT2D eigenvalue weighted by Gasteiger charge is 1.97. The SMILES string of the molecule is CCSCCNc1cccc(NC(C)=O)c1. The Bertz CT molecular complexity index is 342. The summed E-state index contributed by atoms with van der Waals surface area (Å²) in [5, 5.41) is 6.08. The van der Waals surface area contributed by atoms with Crippen molar-refractivity contribution >= 4 is 29.0 Å². The van der Waals surface area contributed by atoms with Crippen molar-refractivity contribution in [1.29, 1.82) is 0 Å². The fourth-order valence-electron chi connectivity index (χ4n) is 1.32. The predicted octanol–water partition coefficient (Wildman–Crippen LogP) is 2.81. The lowest BCUT2D eigenvalue weighted by Gasteiger charge is -2.08. The Morgan fingerprint density at radius 1 is 1.38 bits per heavy atom. The van der Waals surface area contributed by atoms with Crippen molar-refractivity contribution in [1.82, 2.24) is 0 Å². The Balaban J connectivity index is 2.44. The van der Waals surface area contributed by atoms with E-state index in [9.17, 15) is 4.79 Å². The van der Waals surface area contributed by atoms with Gasteiger partial charge in [-0.3, -0.25) is 4.79 Å². The van der Waals surface area contributed by atoms with E-state index < -0.39 is 0 Å². The van der Waals surface area contributed by atoms with E-state index in [0.29, 0.717) is 0 Å². The van der Waals surface area contributed by atoms with E-state index in [2.05, 4.69) is 17.6 Å². The van der Waals surface area contributed by atoms with E-state index >= 15 is 0 Å². The van der Waals surface area contributed by atoms with Crippen LogP contribution < -0.4 is 10.6 Å². The lowest BCUT2D eigenvalue weighted by atomic mass is 10.2. The molecule has 1 rings (SSSR count). The number of amides is 1. The van der Waals surface area contributed by atoms with Gasteiger partial charge in [-0.1, -0.05) is 13.0 Å². The third-order valence-corrected chi connectivity index (χ3v) is 2.86. The highest BCUT2D eigenvalue weighted by atomic mass is 32.2. The molecule has 2 N–H and O–H groups in total. The maximum atomic E-state index is 10.9. The minimum absolute atomic E-state index is 0.0429. The third kappa shape index (κ3) is 5.07. The van der Waals surface area contributed by atoms with Crippen molar-refractivity contribution in [3.63, 3.8) is 0 Å². The molecule has 0 aliphatic carbocycles. The van der Waals surface area contributed by atoms with Crippen LogP contribution >= 0.6 is 11.8 Å². The van der Waals surface area contributed by atoms with Gasteiger partial charge in [-0.15, -0.1) is 0 Å². The second-order valence-corrected chi connectivity index (χ2v) is 4.78. The third-order valence-electron chi connectivity index (χ3n) is 1.96. The summed E-state index contributed by atoms with van der Waals surface area (Å²) in [5.41, 5.74) is 1.88. The monoisotopic (exact) mass is 238 g/mol. The molecular formula is C12H18N2OS. The fourth-order valence-corrected chi connectivity index (χ4v) is 1.86. The smallest absolute Gasteiger partial charge is 0.221 e. The molecule has 0 aromatic heterocycles. The van der Waals surface area contributed by atoms with Crippen LogP contribution in [0.2, 0.25) is 0 Å². The number of rotatable bonds is 6. The van der Waals surface area contributed by atoms with Crippen LogP contribution in [0.25, 0.3) is 0 Å². The maximum Gasteiger partial charge on any atom is 0.221 e. The van der Waals surface area contributed by atoms with Gasteiger partial charge in [0.15, 0.2) is 0 Å². The van der Waals surface area contributed by atoms with Crippen LogP contribution in [0.15, 0.2) is 24.3 Å². The molecule has 0 saturated carbocycles. The molecule has 88 valence electrons. The summed E-state index contributed by atoms with van der Waals surface area (Å²) in [5.74, 6) is 2.20. The minimum Gasteiger partial charge on any atom is -0.384 e. The Morgan fingerprint density at radius 2 is 2.12 bits per heavy atom. The van der Waals surface area contributed by atoms with E-state index in [4.69, 9.17) is 0 Å². The molecule has 1 aromatic rings. The highest BCUT2D eigenvalue weighted by Crippen LogP contribution is 2.14. The zero-order chi connectivity index (χ0) is 11.8. The van der Waals surface area contributed by atoms with Crippen molar-refractivity contribution in [2.75, 3.05) is 28.7 Å². The van der Waals surface area contributed by atoms with E-state index in [-0.39, 0.29) is 5.91 Å². The van der Waals surface area contributed by atoms with E-state index in [0.717, 1.165) is 29.4 Å². The normalized spacial score (nSPS) is 9.88. The predicted molar refractivity (Wildman–Crippen MR) is 72.2 cm³/mol. The molecule has 0 heterocycles. The van der Waals surface area contributed by atoms with Gasteiger partial charge in [-0.25, -0.2) is 0 Å². The summed E-state index contributed by atoms with van der Waals surface area (Å²) in [6.45, 7) is 4.61. The highest BCUT2D eigenvalue weighted by molar-refractivity contribution is 7.99. The Kier molecular flexibility index (Phi) is 5.78. The molecule has 0 bridgehead atoms. The molecule has 1 amide bonds. The first-order valence-corrected chi connectivity index (χ1v) is 6.57. The Morgan fingerprint density at radius 3 is 2.81 bits per heavy atom. The number of hydrogen-bond donors (Lipinski definition) is 2. The van der Waals surface area contributed by atoms with Crippen molar-refractivity contribution < 1.29 is 4.79 Å². The number of carbonyl (C=O) groups excluding carboxylic acids is 1. The molecule has 0 atom stereocenters. The second-order valence-electron chi connectivity index (χ2n) is 3.39. The molecule has 4 heteroatoms. The van der Waals surface area contributed by atoms with E-state index in [1.807, 2.05) is 36.0 Å². The maximum absolute atomic E-state index is 10.9. The second kappa shape index (κ2) is 7.17. The number of benzene rings is 1. The van der Waals surface area contributed by atoms with E-state index in [1.165, 1.54) is 6.92 Å². The van der Waals surface area contributed by atoms with Crippen molar-refractivity contribution in [2.45, 2.75) is 13.8 Å². The average Bonchev–Trinajstić information content (AvgIpc) is 2.24. The van der Waals surface area contributed by atoms with Gasteiger partial charge >= 0.3 is 0 Å². The van der Waals surface area contributed by atoms with Crippen LogP contribution in [0, 0.1) is 0 Å². The number of carbonyl (C=O) groups is 1. The molecule has 0 radical (unpaired) electrons. The quantitative estimate of drug-likeness (QED) is 0.749. The summed E-state index contributed by atoms with van der Waals surface area (Å²) < 4.78 is 0. The number of anilines is 2. The first-order chi connectivity index (χ1) is 7.72. The Labute approximate surface area is 101 Å². The molecular weight excluding hydrogens is 220 g/mol. The fraction of sp³-hybridized carbons (Fsp3) is 0.417. The van der Waals surface area contributed by atoms with Gasteiger partial charge in [0, 0.05) is 30.6 Å². The van der Waals surface area contributed by atoms with Gasteiger partial charge in [0.05, 0.1) is 0 Å². The molecule has 0 aliphatic heterocycles. The molecule has 0 unspecified atom stereocenters. The number of hydrogen-bond acceptors (Lipinski definition) is 3. The van der Waals surface area contributed by atoms with Crippen molar-refractivity contribution in [2.24, 2.45) is 0 Å². The van der Waals surface area contributed by atoms with Gasteiger partial charge < -0.3 is 10.6 Å². The molecule has 0 aliphatic rings. The van der Waals surface area contributed by atoms with Crippen LogP contribution in [0.1, 0.15) is 13.8 Å². The van der Waals surface area contributed by atoms with Crippen LogP contribution in [0.3, 0.4) is 0 Å². The van der Waals surface area contributed by atoms with Gasteiger partial charge in [-0.2, -0.15) is 11.8 Å². The van der Waals surface area contributed by atoms with Gasteiger partial charge in [0.1, 0.15) is 0 Å². The lowest BCUT2D eigenvalue weighted by molar-refractivity contribution is -0.114. The largest absolute Gasteiger partial charge is 0.384 e. The van der Waals surface area contributed by atoms with E-state index in [1.54, 1.807) is 0 Å². The van der Waals surface area contributed by atoms with Crippen LogP contribution in [-0.2, 0) is 4.79 Å². The Hall–Kier alpha value is -1.16. The van der Waals surface area contributed by atoms with Crippen LogP contribution in [-0.4, -0.2) is 24.0 Å². The summed E-state index contributed by atoms with van der Waals surface area (Å²) in [4.78, 5) is 10.9. The van der Waals surface area contributed by atoms with Gasteiger partial charge in [0.2, 0.25) is 5.91 Å². The number of thioether (sulfide) groups is 1. The molecule has 0 fully saturated rings. The first-order valence-electron chi connectivity index (χ1n) is 5.41. The van der Waals surface area contributed by atoms with Crippen LogP contribution in [0.5, 0.6) is 0 Å². The topological polar surface area (TPSA) is 41.1 Å². The summed E-state index contributed by atoms with van der Waals surface area (Å²) in [6, 6.07) is 7.76. The molecule has 3 nitrogen and oxygen atoms in total.